The second-order valence-corrected chi connectivity index (χ2v) is 4.11. The highest BCUT2D eigenvalue weighted by Gasteiger charge is 2.26. The van der Waals surface area contributed by atoms with Crippen molar-refractivity contribution in [1.29, 1.82) is 0 Å². The van der Waals surface area contributed by atoms with Crippen molar-refractivity contribution in [3.8, 4) is 0 Å². The molecule has 0 saturated carbocycles. The lowest BCUT2D eigenvalue weighted by atomic mass is 10.2. The van der Waals surface area contributed by atoms with Crippen molar-refractivity contribution in [2.45, 2.75) is 11.8 Å². The van der Waals surface area contributed by atoms with Crippen molar-refractivity contribution in [3.63, 3.8) is 0 Å². The summed E-state index contributed by atoms with van der Waals surface area (Å²) < 4.78 is 25.0. The smallest absolute Gasteiger partial charge is 0.258 e. The summed E-state index contributed by atoms with van der Waals surface area (Å²) in [7, 11) is 0. The number of nitrogens with zero attached hydrogens (tertiary/aromatic N) is 2. The lowest BCUT2D eigenvalue weighted by Crippen LogP contribution is -2.03. The Morgan fingerprint density at radius 1 is 1.67 bits per heavy atom. The standard InChI is InChI=1S/C7H4BrF2IN2O2/c8-2-3-1-4(13(14)15)5(6(9)10)7(11)12-3/h1,6H,2H2. The molecule has 0 aliphatic heterocycles. The molecule has 0 saturated heterocycles. The largest absolute Gasteiger partial charge is 0.282 e. The molecule has 1 heterocycles. The summed E-state index contributed by atoms with van der Waals surface area (Å²) in [6, 6.07) is 1.05. The SMILES string of the molecule is O=[N+]([O-])c1cc(CBr)nc(I)c1C(F)F. The predicted molar refractivity (Wildman–Crippen MR) is 61.2 cm³/mol. The summed E-state index contributed by atoms with van der Waals surface area (Å²) in [6.07, 6.45) is -2.89. The van der Waals surface area contributed by atoms with Gasteiger partial charge in [0.25, 0.3) is 12.1 Å². The van der Waals surface area contributed by atoms with Crippen LogP contribution in [-0.4, -0.2) is 9.91 Å². The number of pyridine rings is 1. The summed E-state index contributed by atoms with van der Waals surface area (Å²) in [6.45, 7) is 0. The van der Waals surface area contributed by atoms with E-state index in [9.17, 15) is 18.9 Å². The van der Waals surface area contributed by atoms with Crippen molar-refractivity contribution >= 4 is 44.2 Å². The Labute approximate surface area is 105 Å². The maximum Gasteiger partial charge on any atom is 0.282 e. The fourth-order valence-corrected chi connectivity index (χ4v) is 2.09. The first-order valence-electron chi connectivity index (χ1n) is 3.65. The number of aromatic nitrogens is 1. The Balaban J connectivity index is 3.42. The van der Waals surface area contributed by atoms with Gasteiger partial charge in [-0.15, -0.1) is 0 Å². The van der Waals surface area contributed by atoms with Gasteiger partial charge in [0.15, 0.2) is 0 Å². The quantitative estimate of drug-likeness (QED) is 0.260. The molecular weight excluding hydrogens is 389 g/mol. The lowest BCUT2D eigenvalue weighted by Gasteiger charge is -2.05. The van der Waals surface area contributed by atoms with Crippen molar-refractivity contribution in [2.24, 2.45) is 0 Å². The van der Waals surface area contributed by atoms with E-state index in [1.54, 1.807) is 22.6 Å². The van der Waals surface area contributed by atoms with Crippen LogP contribution in [0.4, 0.5) is 14.5 Å². The first kappa shape index (κ1) is 12.7. The molecule has 15 heavy (non-hydrogen) atoms. The Morgan fingerprint density at radius 3 is 2.67 bits per heavy atom. The second-order valence-electron chi connectivity index (χ2n) is 2.53. The monoisotopic (exact) mass is 392 g/mol. The minimum atomic E-state index is -2.89. The molecular formula is C7H4BrF2IN2O2. The molecule has 0 bridgehead atoms. The zero-order valence-electron chi connectivity index (χ0n) is 7.08. The first-order valence-corrected chi connectivity index (χ1v) is 5.85. The van der Waals surface area contributed by atoms with Crippen LogP contribution >= 0.6 is 38.5 Å². The highest BCUT2D eigenvalue weighted by molar-refractivity contribution is 14.1. The van der Waals surface area contributed by atoms with Crippen LogP contribution in [0.15, 0.2) is 6.07 Å². The molecule has 0 radical (unpaired) electrons. The van der Waals surface area contributed by atoms with Crippen LogP contribution in [-0.2, 0) is 5.33 Å². The van der Waals surface area contributed by atoms with Crippen LogP contribution < -0.4 is 0 Å². The molecule has 1 rings (SSSR count). The summed E-state index contributed by atoms with van der Waals surface area (Å²) in [5.74, 6) is 0. The van der Waals surface area contributed by atoms with Crippen LogP contribution in [0.3, 0.4) is 0 Å². The highest BCUT2D eigenvalue weighted by atomic mass is 127. The Hall–Kier alpha value is -0.380. The van der Waals surface area contributed by atoms with Gasteiger partial charge in [-0.25, -0.2) is 13.8 Å². The number of hydrogen-bond donors (Lipinski definition) is 0. The molecule has 0 aliphatic rings. The second kappa shape index (κ2) is 5.10. The van der Waals surface area contributed by atoms with Gasteiger partial charge in [-0.1, -0.05) is 15.9 Å². The molecule has 8 heteroatoms. The van der Waals surface area contributed by atoms with Crippen molar-refractivity contribution in [1.82, 2.24) is 4.98 Å². The van der Waals surface area contributed by atoms with Crippen LogP contribution in [0.25, 0.3) is 0 Å². The topological polar surface area (TPSA) is 56.0 Å². The maximum absolute atomic E-state index is 12.5. The Bertz CT molecular complexity index is 403. The van der Waals surface area contributed by atoms with E-state index in [1.807, 2.05) is 0 Å². The highest BCUT2D eigenvalue weighted by Crippen LogP contribution is 2.32. The molecule has 0 amide bonds. The minimum absolute atomic E-state index is 0.0359. The third-order valence-electron chi connectivity index (χ3n) is 1.60. The van der Waals surface area contributed by atoms with E-state index in [0.717, 1.165) is 6.07 Å². The van der Waals surface area contributed by atoms with E-state index in [0.29, 0.717) is 5.69 Å². The third kappa shape index (κ3) is 2.80. The van der Waals surface area contributed by atoms with Crippen LogP contribution in [0.2, 0.25) is 0 Å². The van der Waals surface area contributed by atoms with E-state index >= 15 is 0 Å². The fourth-order valence-electron chi connectivity index (χ4n) is 0.981. The Morgan fingerprint density at radius 2 is 2.27 bits per heavy atom. The zero-order valence-corrected chi connectivity index (χ0v) is 10.8. The van der Waals surface area contributed by atoms with E-state index in [4.69, 9.17) is 0 Å². The van der Waals surface area contributed by atoms with E-state index in [2.05, 4.69) is 20.9 Å². The average Bonchev–Trinajstić information content (AvgIpc) is 2.15. The van der Waals surface area contributed by atoms with Crippen molar-refractivity contribution in [3.05, 3.63) is 31.1 Å². The number of hydrogen-bond acceptors (Lipinski definition) is 3. The molecule has 0 aliphatic carbocycles. The zero-order chi connectivity index (χ0) is 11.6. The summed E-state index contributed by atoms with van der Waals surface area (Å²) in [4.78, 5) is 13.6. The van der Waals surface area contributed by atoms with Gasteiger partial charge in [0.05, 0.1) is 10.6 Å². The van der Waals surface area contributed by atoms with Crippen molar-refractivity contribution in [2.75, 3.05) is 0 Å². The van der Waals surface area contributed by atoms with Gasteiger partial charge in [-0.2, -0.15) is 0 Å². The van der Waals surface area contributed by atoms with Crippen LogP contribution in [0.1, 0.15) is 17.7 Å². The number of alkyl halides is 3. The fraction of sp³-hybridized carbons (Fsp3) is 0.286. The van der Waals surface area contributed by atoms with Gasteiger partial charge in [-0.3, -0.25) is 10.1 Å². The normalized spacial score (nSPS) is 10.7. The van der Waals surface area contributed by atoms with E-state index in [1.165, 1.54) is 0 Å². The molecule has 0 fully saturated rings. The van der Waals surface area contributed by atoms with Crippen LogP contribution in [0.5, 0.6) is 0 Å². The number of nitro groups is 1. The van der Waals surface area contributed by atoms with E-state index < -0.39 is 22.6 Å². The van der Waals surface area contributed by atoms with Gasteiger partial charge in [0.1, 0.15) is 9.26 Å². The first-order chi connectivity index (χ1) is 6.97. The molecule has 0 N–H and O–H groups in total. The minimum Gasteiger partial charge on any atom is -0.258 e. The lowest BCUT2D eigenvalue weighted by molar-refractivity contribution is -0.386. The van der Waals surface area contributed by atoms with Crippen molar-refractivity contribution < 1.29 is 13.7 Å². The predicted octanol–water partition coefficient (Wildman–Crippen LogP) is 3.43. The average molecular weight is 393 g/mol. The number of halogens is 4. The molecule has 1 aromatic rings. The van der Waals surface area contributed by atoms with Crippen LogP contribution in [0, 0.1) is 13.8 Å². The number of rotatable bonds is 3. The van der Waals surface area contributed by atoms with Gasteiger partial charge in [-0.05, 0) is 22.6 Å². The molecule has 1 aromatic heterocycles. The molecule has 4 nitrogen and oxygen atoms in total. The van der Waals surface area contributed by atoms with E-state index in [-0.39, 0.29) is 9.03 Å². The summed E-state index contributed by atoms with van der Waals surface area (Å²) in [5, 5.41) is 10.9. The Kier molecular flexibility index (Phi) is 4.32. The molecule has 82 valence electrons. The molecule has 0 spiro atoms. The molecule has 0 aromatic carbocycles. The molecule has 0 unspecified atom stereocenters. The molecule has 0 atom stereocenters. The summed E-state index contributed by atoms with van der Waals surface area (Å²) >= 11 is 4.63. The van der Waals surface area contributed by atoms with Gasteiger partial charge in [0.2, 0.25) is 0 Å². The van der Waals surface area contributed by atoms with Gasteiger partial charge in [0, 0.05) is 11.4 Å². The maximum atomic E-state index is 12.5. The van der Waals surface area contributed by atoms with Gasteiger partial charge >= 0.3 is 0 Å². The van der Waals surface area contributed by atoms with Gasteiger partial charge < -0.3 is 0 Å². The third-order valence-corrected chi connectivity index (χ3v) is 2.99. The summed E-state index contributed by atoms with van der Waals surface area (Å²) in [5.41, 5.74) is -0.848.